The first kappa shape index (κ1) is 17.2. The molecule has 0 radical (unpaired) electrons. The number of aromatic nitrogens is 1. The second-order valence-electron chi connectivity index (χ2n) is 7.35. The largest absolute Gasteiger partial charge is 0.464 e. The SMILES string of the molecule is Fc1cc(Br)cc2c1-c1cc3cc(Br)ccc3n1C(c1ccc(C3CC3)s1)O2. The Morgan fingerprint density at radius 1 is 0.964 bits per heavy atom. The first-order valence-electron chi connectivity index (χ1n) is 9.15. The minimum absolute atomic E-state index is 0.282. The molecule has 1 fully saturated rings. The topological polar surface area (TPSA) is 14.2 Å². The highest BCUT2D eigenvalue weighted by Crippen LogP contribution is 2.49. The normalized spacial score (nSPS) is 18.0. The molecule has 6 heteroatoms. The van der Waals surface area contributed by atoms with Gasteiger partial charge >= 0.3 is 0 Å². The number of ether oxygens (including phenoxy) is 1. The first-order valence-corrected chi connectivity index (χ1v) is 11.5. The van der Waals surface area contributed by atoms with Crippen LogP contribution in [0.2, 0.25) is 0 Å². The maximum absolute atomic E-state index is 14.9. The highest BCUT2D eigenvalue weighted by atomic mass is 79.9. The zero-order valence-corrected chi connectivity index (χ0v) is 18.6. The van der Waals surface area contributed by atoms with Crippen LogP contribution in [0.4, 0.5) is 4.39 Å². The van der Waals surface area contributed by atoms with E-state index in [1.165, 1.54) is 23.8 Å². The molecule has 0 amide bonds. The van der Waals surface area contributed by atoms with E-state index in [-0.39, 0.29) is 12.0 Å². The lowest BCUT2D eigenvalue weighted by molar-refractivity contribution is 0.176. The molecule has 4 aromatic rings. The summed E-state index contributed by atoms with van der Waals surface area (Å²) in [6, 6.07) is 15.9. The Kier molecular flexibility index (Phi) is 3.81. The van der Waals surface area contributed by atoms with Gasteiger partial charge in [0.2, 0.25) is 6.23 Å². The molecule has 0 bridgehead atoms. The van der Waals surface area contributed by atoms with Crippen LogP contribution in [0.5, 0.6) is 5.75 Å². The molecule has 0 spiro atoms. The van der Waals surface area contributed by atoms with Crippen LogP contribution in [-0.4, -0.2) is 4.57 Å². The molecule has 28 heavy (non-hydrogen) atoms. The Balaban J connectivity index is 1.62. The van der Waals surface area contributed by atoms with E-state index in [4.69, 9.17) is 4.74 Å². The molecular formula is C22H14Br2FNOS. The maximum atomic E-state index is 14.9. The average molecular weight is 519 g/mol. The number of nitrogens with zero attached hydrogens (tertiary/aromatic N) is 1. The number of halogens is 3. The molecule has 0 saturated heterocycles. The summed E-state index contributed by atoms with van der Waals surface area (Å²) in [7, 11) is 0. The second kappa shape index (κ2) is 6.18. The van der Waals surface area contributed by atoms with Gasteiger partial charge in [-0.1, -0.05) is 31.9 Å². The lowest BCUT2D eigenvalue weighted by Gasteiger charge is -2.29. The van der Waals surface area contributed by atoms with Crippen LogP contribution in [0.25, 0.3) is 22.2 Å². The van der Waals surface area contributed by atoms with E-state index < -0.39 is 0 Å². The highest BCUT2D eigenvalue weighted by Gasteiger charge is 2.33. The smallest absolute Gasteiger partial charge is 0.212 e. The summed E-state index contributed by atoms with van der Waals surface area (Å²) in [5, 5.41) is 1.06. The van der Waals surface area contributed by atoms with Crippen molar-refractivity contribution in [1.82, 2.24) is 4.57 Å². The lowest BCUT2D eigenvalue weighted by Crippen LogP contribution is -2.21. The second-order valence-corrected chi connectivity index (χ2v) is 10.3. The van der Waals surface area contributed by atoms with Gasteiger partial charge in [-0.3, -0.25) is 4.57 Å². The highest BCUT2D eigenvalue weighted by molar-refractivity contribution is 9.10. The van der Waals surface area contributed by atoms with Crippen molar-refractivity contribution in [3.8, 4) is 17.0 Å². The van der Waals surface area contributed by atoms with Crippen molar-refractivity contribution in [2.45, 2.75) is 25.0 Å². The molecule has 140 valence electrons. The molecule has 1 unspecified atom stereocenters. The van der Waals surface area contributed by atoms with Crippen molar-refractivity contribution >= 4 is 54.1 Å². The lowest BCUT2D eigenvalue weighted by atomic mass is 10.1. The van der Waals surface area contributed by atoms with Crippen LogP contribution < -0.4 is 4.74 Å². The maximum Gasteiger partial charge on any atom is 0.212 e. The number of hydrogen-bond acceptors (Lipinski definition) is 2. The third kappa shape index (κ3) is 2.61. The van der Waals surface area contributed by atoms with Crippen molar-refractivity contribution in [3.63, 3.8) is 0 Å². The van der Waals surface area contributed by atoms with E-state index in [0.717, 1.165) is 25.9 Å². The van der Waals surface area contributed by atoms with Gasteiger partial charge in [0.1, 0.15) is 11.6 Å². The number of thiophene rings is 1. The minimum atomic E-state index is -0.299. The van der Waals surface area contributed by atoms with Gasteiger partial charge in [0.05, 0.1) is 21.7 Å². The van der Waals surface area contributed by atoms with Crippen LogP contribution in [0.3, 0.4) is 0 Å². The molecular weight excluding hydrogens is 505 g/mol. The minimum Gasteiger partial charge on any atom is -0.464 e. The summed E-state index contributed by atoms with van der Waals surface area (Å²) in [6.07, 6.45) is 2.25. The van der Waals surface area contributed by atoms with E-state index in [9.17, 15) is 4.39 Å². The molecule has 1 saturated carbocycles. The van der Waals surface area contributed by atoms with Crippen LogP contribution in [-0.2, 0) is 0 Å². The summed E-state index contributed by atoms with van der Waals surface area (Å²) < 4.78 is 25.2. The first-order chi connectivity index (χ1) is 13.6. The van der Waals surface area contributed by atoms with E-state index in [2.05, 4.69) is 66.8 Å². The van der Waals surface area contributed by atoms with Crippen molar-refractivity contribution in [2.24, 2.45) is 0 Å². The summed E-state index contributed by atoms with van der Waals surface area (Å²) in [5.74, 6) is 1.00. The van der Waals surface area contributed by atoms with Gasteiger partial charge in [-0.05, 0) is 67.3 Å². The molecule has 0 N–H and O–H groups in total. The fraction of sp³-hybridized carbons (Fsp3) is 0.182. The fourth-order valence-corrected chi connectivity index (χ4v) is 5.98. The molecule has 2 aromatic carbocycles. The Labute approximate surface area is 182 Å². The number of rotatable bonds is 2. The van der Waals surface area contributed by atoms with Crippen LogP contribution >= 0.6 is 43.2 Å². The van der Waals surface area contributed by atoms with Crippen LogP contribution in [0.1, 0.15) is 34.7 Å². The monoisotopic (exact) mass is 517 g/mol. The van der Waals surface area contributed by atoms with E-state index in [1.54, 1.807) is 0 Å². The molecule has 2 nitrogen and oxygen atoms in total. The van der Waals surface area contributed by atoms with Crippen molar-refractivity contribution in [3.05, 3.63) is 73.0 Å². The fourth-order valence-electron chi connectivity index (χ4n) is 3.99. The molecule has 1 aliphatic carbocycles. The molecule has 1 atom stereocenters. The Morgan fingerprint density at radius 2 is 1.79 bits per heavy atom. The predicted molar refractivity (Wildman–Crippen MR) is 118 cm³/mol. The summed E-state index contributed by atoms with van der Waals surface area (Å²) in [6.45, 7) is 0. The molecule has 1 aliphatic heterocycles. The average Bonchev–Trinajstić information content (AvgIpc) is 3.26. The number of hydrogen-bond donors (Lipinski definition) is 0. The van der Waals surface area contributed by atoms with Crippen LogP contribution in [0, 0.1) is 5.82 Å². The number of benzene rings is 2. The van der Waals surface area contributed by atoms with Crippen molar-refractivity contribution in [1.29, 1.82) is 0 Å². The van der Waals surface area contributed by atoms with Gasteiger partial charge in [0, 0.05) is 19.2 Å². The van der Waals surface area contributed by atoms with E-state index >= 15 is 0 Å². The van der Waals surface area contributed by atoms with Crippen molar-refractivity contribution in [2.75, 3.05) is 0 Å². The molecule has 3 heterocycles. The van der Waals surface area contributed by atoms with Crippen molar-refractivity contribution < 1.29 is 9.13 Å². The van der Waals surface area contributed by atoms with Gasteiger partial charge in [0.15, 0.2) is 0 Å². The predicted octanol–water partition coefficient (Wildman–Crippen LogP) is 7.85. The van der Waals surface area contributed by atoms with Gasteiger partial charge in [-0.25, -0.2) is 4.39 Å². The summed E-state index contributed by atoms with van der Waals surface area (Å²) in [4.78, 5) is 2.57. The molecule has 2 aliphatic rings. The third-order valence-corrected chi connectivity index (χ3v) is 7.65. The zero-order chi connectivity index (χ0) is 19.0. The van der Waals surface area contributed by atoms with Gasteiger partial charge in [-0.2, -0.15) is 0 Å². The van der Waals surface area contributed by atoms with E-state index in [1.807, 2.05) is 23.5 Å². The molecule has 6 rings (SSSR count). The third-order valence-electron chi connectivity index (χ3n) is 5.42. The van der Waals surface area contributed by atoms with Gasteiger partial charge in [-0.15, -0.1) is 11.3 Å². The summed E-state index contributed by atoms with van der Waals surface area (Å²) in [5.41, 5.74) is 2.41. The van der Waals surface area contributed by atoms with Gasteiger partial charge in [0.25, 0.3) is 0 Å². The molecule has 2 aromatic heterocycles. The summed E-state index contributed by atoms with van der Waals surface area (Å²) >= 11 is 8.76. The van der Waals surface area contributed by atoms with Gasteiger partial charge < -0.3 is 4.74 Å². The Bertz CT molecular complexity index is 1260. The standard InChI is InChI=1S/C22H14Br2FNOS/c23-13-3-4-16-12(7-13)8-17-21-15(25)9-14(24)10-18(21)27-22(26(16)17)20-6-5-19(28-20)11-1-2-11/h3-11,22H,1-2H2. The zero-order valence-electron chi connectivity index (χ0n) is 14.6. The van der Waals surface area contributed by atoms with E-state index in [0.29, 0.717) is 21.7 Å². The quantitative estimate of drug-likeness (QED) is 0.263. The van der Waals surface area contributed by atoms with Crippen LogP contribution in [0.15, 0.2) is 57.5 Å². The Morgan fingerprint density at radius 3 is 2.61 bits per heavy atom. The Hall–Kier alpha value is -1.63. The number of fused-ring (bicyclic) bond motifs is 5.